The Labute approximate surface area is 205 Å². The van der Waals surface area contributed by atoms with Crippen LogP contribution < -0.4 is 5.32 Å². The molecule has 35 heavy (non-hydrogen) atoms. The van der Waals surface area contributed by atoms with Gasteiger partial charge in [0.25, 0.3) is 0 Å². The van der Waals surface area contributed by atoms with Crippen molar-refractivity contribution < 1.29 is 24.2 Å². The van der Waals surface area contributed by atoms with Crippen LogP contribution in [0.2, 0.25) is 0 Å². The van der Waals surface area contributed by atoms with E-state index >= 15 is 0 Å². The zero-order valence-electron chi connectivity index (χ0n) is 20.0. The number of rotatable bonds is 7. The molecule has 2 N–H and O–H groups in total. The zero-order chi connectivity index (χ0) is 24.5. The maximum atomic E-state index is 13.2. The average Bonchev–Trinajstić information content (AvgIpc) is 3.54. The molecule has 0 spiro atoms. The molecule has 0 aromatic heterocycles. The van der Waals surface area contributed by atoms with Crippen molar-refractivity contribution in [2.75, 3.05) is 19.7 Å². The Balaban J connectivity index is 1.19. The molecule has 0 radical (unpaired) electrons. The second-order valence-corrected chi connectivity index (χ2v) is 9.94. The fourth-order valence-corrected chi connectivity index (χ4v) is 6.35. The van der Waals surface area contributed by atoms with Crippen LogP contribution in [-0.2, 0) is 14.3 Å². The number of aliphatic carboxylic acids is 1. The largest absolute Gasteiger partial charge is 0.480 e. The molecule has 1 saturated heterocycles. The molecule has 2 aromatic carbocycles. The van der Waals surface area contributed by atoms with Gasteiger partial charge in [-0.05, 0) is 53.4 Å². The van der Waals surface area contributed by atoms with Crippen molar-refractivity contribution >= 4 is 18.0 Å². The van der Waals surface area contributed by atoms with Crippen LogP contribution in [-0.4, -0.2) is 53.7 Å². The van der Waals surface area contributed by atoms with Crippen molar-refractivity contribution in [3.05, 3.63) is 59.7 Å². The Kier molecular flexibility index (Phi) is 6.50. The van der Waals surface area contributed by atoms with E-state index in [-0.39, 0.29) is 36.8 Å². The average molecular weight is 477 g/mol. The van der Waals surface area contributed by atoms with E-state index < -0.39 is 24.0 Å². The number of carbonyl (C=O) groups excluding carboxylic acids is 2. The summed E-state index contributed by atoms with van der Waals surface area (Å²) in [5.41, 5.74) is 4.61. The van der Waals surface area contributed by atoms with E-state index in [1.807, 2.05) is 31.2 Å². The van der Waals surface area contributed by atoms with E-state index in [9.17, 15) is 19.5 Å². The van der Waals surface area contributed by atoms with Crippen molar-refractivity contribution in [3.63, 3.8) is 0 Å². The number of carboxylic acids is 1. The summed E-state index contributed by atoms with van der Waals surface area (Å²) in [6.45, 7) is 2.72. The number of amides is 2. The molecule has 1 heterocycles. The predicted octanol–water partition coefficient (Wildman–Crippen LogP) is 4.26. The molecule has 2 aliphatic carbocycles. The van der Waals surface area contributed by atoms with Gasteiger partial charge >= 0.3 is 12.1 Å². The molecule has 4 unspecified atom stereocenters. The summed E-state index contributed by atoms with van der Waals surface area (Å²) < 4.78 is 5.59. The second kappa shape index (κ2) is 9.72. The number of nitrogens with one attached hydrogen (secondary N) is 1. The first-order valence-corrected chi connectivity index (χ1v) is 12.6. The fraction of sp³-hybridized carbons (Fsp3) is 0.464. The van der Waals surface area contributed by atoms with Gasteiger partial charge in [-0.15, -0.1) is 0 Å². The highest BCUT2D eigenvalue weighted by Crippen LogP contribution is 2.45. The second-order valence-electron chi connectivity index (χ2n) is 9.94. The van der Waals surface area contributed by atoms with Crippen molar-refractivity contribution in [3.8, 4) is 11.1 Å². The monoisotopic (exact) mass is 476 g/mol. The molecule has 2 amide bonds. The Hall–Kier alpha value is -3.35. The number of carbonyl (C=O) groups is 3. The number of likely N-dealkylation sites (tertiary alicyclic amines) is 1. The normalized spacial score (nSPS) is 23.3. The lowest BCUT2D eigenvalue weighted by Crippen LogP contribution is -2.48. The molecule has 1 saturated carbocycles. The molecule has 184 valence electrons. The minimum atomic E-state index is -0.924. The Morgan fingerprint density at radius 3 is 2.34 bits per heavy atom. The number of benzene rings is 2. The summed E-state index contributed by atoms with van der Waals surface area (Å²) >= 11 is 0. The van der Waals surface area contributed by atoms with Gasteiger partial charge in [-0.1, -0.05) is 61.9 Å². The summed E-state index contributed by atoms with van der Waals surface area (Å²) in [5, 5.41) is 12.5. The van der Waals surface area contributed by atoms with Gasteiger partial charge in [0.05, 0.1) is 5.92 Å². The van der Waals surface area contributed by atoms with Crippen LogP contribution in [0.25, 0.3) is 11.1 Å². The molecule has 7 nitrogen and oxygen atoms in total. The van der Waals surface area contributed by atoms with Gasteiger partial charge in [-0.3, -0.25) is 4.79 Å². The summed E-state index contributed by atoms with van der Waals surface area (Å²) in [7, 11) is 0. The van der Waals surface area contributed by atoms with Gasteiger partial charge in [0.1, 0.15) is 12.6 Å². The Morgan fingerprint density at radius 2 is 1.71 bits per heavy atom. The number of hydrogen-bond donors (Lipinski definition) is 2. The molecule has 4 atom stereocenters. The Morgan fingerprint density at radius 1 is 1.06 bits per heavy atom. The molecule has 1 aliphatic heterocycles. The third kappa shape index (κ3) is 4.28. The lowest BCUT2D eigenvalue weighted by atomic mass is 9.94. The lowest BCUT2D eigenvalue weighted by molar-refractivity contribution is -0.151. The van der Waals surface area contributed by atoms with Crippen LogP contribution in [0.15, 0.2) is 48.5 Å². The van der Waals surface area contributed by atoms with E-state index in [1.54, 1.807) is 4.90 Å². The number of nitrogens with zero attached hydrogens (tertiary/aromatic N) is 1. The van der Waals surface area contributed by atoms with Crippen LogP contribution in [0.4, 0.5) is 4.79 Å². The van der Waals surface area contributed by atoms with Gasteiger partial charge < -0.3 is 20.1 Å². The van der Waals surface area contributed by atoms with Gasteiger partial charge in [0.15, 0.2) is 0 Å². The van der Waals surface area contributed by atoms with Crippen LogP contribution in [0.5, 0.6) is 0 Å². The van der Waals surface area contributed by atoms with E-state index in [0.717, 1.165) is 41.5 Å². The Bertz CT molecular complexity index is 1090. The highest BCUT2D eigenvalue weighted by Gasteiger charge is 2.50. The highest BCUT2D eigenvalue weighted by atomic mass is 16.5. The minimum absolute atomic E-state index is 0.0305. The third-order valence-electron chi connectivity index (χ3n) is 8.11. The van der Waals surface area contributed by atoms with E-state index in [4.69, 9.17) is 4.74 Å². The van der Waals surface area contributed by atoms with Gasteiger partial charge in [0.2, 0.25) is 5.91 Å². The van der Waals surface area contributed by atoms with Crippen molar-refractivity contribution in [1.82, 2.24) is 10.2 Å². The molecular weight excluding hydrogens is 444 g/mol. The molecular formula is C28H32N2O5. The minimum Gasteiger partial charge on any atom is -0.480 e. The number of ether oxygens (including phenoxy) is 1. The van der Waals surface area contributed by atoms with E-state index in [1.165, 1.54) is 0 Å². The lowest BCUT2D eigenvalue weighted by Gasteiger charge is -2.28. The molecule has 2 fully saturated rings. The van der Waals surface area contributed by atoms with Gasteiger partial charge in [-0.25, -0.2) is 9.59 Å². The topological polar surface area (TPSA) is 95.9 Å². The van der Waals surface area contributed by atoms with Gasteiger partial charge in [0, 0.05) is 19.0 Å². The van der Waals surface area contributed by atoms with Gasteiger partial charge in [-0.2, -0.15) is 0 Å². The van der Waals surface area contributed by atoms with Crippen LogP contribution >= 0.6 is 0 Å². The van der Waals surface area contributed by atoms with Crippen LogP contribution in [0.3, 0.4) is 0 Å². The smallest absolute Gasteiger partial charge is 0.407 e. The summed E-state index contributed by atoms with van der Waals surface area (Å²) in [4.78, 5) is 39.3. The maximum absolute atomic E-state index is 13.2. The maximum Gasteiger partial charge on any atom is 0.407 e. The zero-order valence-corrected chi connectivity index (χ0v) is 20.0. The predicted molar refractivity (Wildman–Crippen MR) is 131 cm³/mol. The first-order chi connectivity index (χ1) is 17.0. The highest BCUT2D eigenvalue weighted by molar-refractivity contribution is 5.86. The molecule has 2 aromatic rings. The number of carboxylic acid groups (broad SMARTS) is 1. The number of hydrogen-bond acceptors (Lipinski definition) is 4. The summed E-state index contributed by atoms with van der Waals surface area (Å²) in [6, 6.07) is 15.6. The first kappa shape index (κ1) is 23.4. The first-order valence-electron chi connectivity index (χ1n) is 12.6. The summed E-state index contributed by atoms with van der Waals surface area (Å²) in [6.07, 6.45) is 2.82. The standard InChI is InChI=1S/C28H32N2O5/c1-2-17(26(31)30-15-18-8-7-13-19(18)25(30)27(32)33)14-29-28(34)35-16-24-22-11-5-3-9-20(22)21-10-4-6-12-23(21)24/h3-6,9-12,17-19,24-25H,2,7-8,13-16H2,1H3,(H,29,34)(H,32,33). The molecule has 7 heteroatoms. The number of alkyl carbamates (subject to hydrolysis) is 1. The molecule has 3 aliphatic rings. The van der Waals surface area contributed by atoms with Crippen LogP contribution in [0.1, 0.15) is 49.7 Å². The fourth-order valence-electron chi connectivity index (χ4n) is 6.35. The van der Waals surface area contributed by atoms with Crippen molar-refractivity contribution in [2.45, 2.75) is 44.6 Å². The molecule has 0 bridgehead atoms. The SMILES string of the molecule is CCC(CNC(=O)OCC1c2ccccc2-c2ccccc21)C(=O)N1CC2CCCC2C1C(=O)O. The van der Waals surface area contributed by atoms with Crippen LogP contribution in [0, 0.1) is 17.8 Å². The van der Waals surface area contributed by atoms with E-state index in [2.05, 4.69) is 29.6 Å². The number of fused-ring (bicyclic) bond motifs is 4. The van der Waals surface area contributed by atoms with Crippen molar-refractivity contribution in [1.29, 1.82) is 0 Å². The van der Waals surface area contributed by atoms with Crippen molar-refractivity contribution in [2.24, 2.45) is 17.8 Å². The third-order valence-corrected chi connectivity index (χ3v) is 8.11. The summed E-state index contributed by atoms with van der Waals surface area (Å²) in [5.74, 6) is -1.30. The molecule has 5 rings (SSSR count). The quantitative estimate of drug-likeness (QED) is 0.622. The van der Waals surface area contributed by atoms with E-state index in [0.29, 0.717) is 13.0 Å².